The Labute approximate surface area is 142 Å². The Morgan fingerprint density at radius 2 is 1.92 bits per heavy atom. The number of aromatic nitrogens is 2. The van der Waals surface area contributed by atoms with Gasteiger partial charge in [-0.1, -0.05) is 18.2 Å². The van der Waals surface area contributed by atoms with Crippen LogP contribution in [-0.4, -0.2) is 28.6 Å². The molecule has 1 aliphatic rings. The summed E-state index contributed by atoms with van der Waals surface area (Å²) in [4.78, 5) is 47.6. The molecule has 0 bridgehead atoms. The van der Waals surface area contributed by atoms with Crippen LogP contribution in [0.5, 0.6) is 0 Å². The Balaban J connectivity index is 1.65. The largest absolute Gasteiger partial charge is 0.347 e. The maximum Gasteiger partial charge on any atom is 0.272 e. The molecule has 1 aliphatic carbocycles. The van der Waals surface area contributed by atoms with Crippen molar-refractivity contribution in [1.82, 2.24) is 15.5 Å². The maximum atomic E-state index is 12.1. The molecule has 1 heterocycles. The van der Waals surface area contributed by atoms with Crippen molar-refractivity contribution in [3.05, 3.63) is 51.1 Å². The molecule has 0 unspecified atom stereocenters. The highest BCUT2D eigenvalue weighted by Crippen LogP contribution is 2.20. The van der Waals surface area contributed by atoms with Crippen LogP contribution >= 0.6 is 0 Å². The van der Waals surface area contributed by atoms with Gasteiger partial charge in [0, 0.05) is 6.42 Å². The molecule has 8 nitrogen and oxygen atoms in total. The summed E-state index contributed by atoms with van der Waals surface area (Å²) >= 11 is 0. The fourth-order valence-corrected chi connectivity index (χ4v) is 2.88. The summed E-state index contributed by atoms with van der Waals surface area (Å²) in [6.45, 7) is -0.202. The number of hydrogen-bond donors (Lipinski definition) is 4. The Hall–Kier alpha value is -3.16. The fourth-order valence-electron chi connectivity index (χ4n) is 2.88. The standard InChI is InChI=1S/C17H18N4O4/c22-13(8-10-4-1-2-5-10)18-9-14(23)19-12-7-3-6-11-15(12)17(25)21-20-16(11)24/h1,3-4,6-7,10H,2,5,8-9H2,(H,18,22)(H,19,23)(H,20,24)(H,21,25)/t10-/m1/s1. The molecular formula is C17H18N4O4. The van der Waals surface area contributed by atoms with E-state index in [1.165, 1.54) is 12.1 Å². The number of rotatable bonds is 5. The van der Waals surface area contributed by atoms with Gasteiger partial charge in [-0.2, -0.15) is 0 Å². The average Bonchev–Trinajstić information content (AvgIpc) is 3.09. The van der Waals surface area contributed by atoms with Crippen LogP contribution in [0.2, 0.25) is 0 Å². The first-order valence-electron chi connectivity index (χ1n) is 8.01. The molecule has 8 heteroatoms. The fraction of sp³-hybridized carbons (Fsp3) is 0.294. The van der Waals surface area contributed by atoms with Crippen LogP contribution in [0.25, 0.3) is 10.8 Å². The third kappa shape index (κ3) is 3.85. The number of benzene rings is 1. The number of amides is 2. The summed E-state index contributed by atoms with van der Waals surface area (Å²) in [5.74, 6) is -0.437. The van der Waals surface area contributed by atoms with Gasteiger partial charge in [0.15, 0.2) is 0 Å². The van der Waals surface area contributed by atoms with Gasteiger partial charge >= 0.3 is 0 Å². The van der Waals surface area contributed by atoms with Crippen molar-refractivity contribution < 1.29 is 9.59 Å². The predicted molar refractivity (Wildman–Crippen MR) is 93.3 cm³/mol. The molecule has 2 aromatic rings. The van der Waals surface area contributed by atoms with E-state index in [0.29, 0.717) is 6.42 Å². The van der Waals surface area contributed by atoms with Gasteiger partial charge in [-0.25, -0.2) is 0 Å². The topological polar surface area (TPSA) is 124 Å². The van der Waals surface area contributed by atoms with E-state index < -0.39 is 17.0 Å². The Morgan fingerprint density at radius 1 is 1.12 bits per heavy atom. The van der Waals surface area contributed by atoms with Crippen molar-refractivity contribution in [1.29, 1.82) is 0 Å². The molecule has 130 valence electrons. The first-order valence-corrected chi connectivity index (χ1v) is 8.01. The molecule has 0 spiro atoms. The number of allylic oxidation sites excluding steroid dienone is 2. The van der Waals surface area contributed by atoms with Gasteiger partial charge < -0.3 is 10.6 Å². The molecule has 1 atom stereocenters. The van der Waals surface area contributed by atoms with Crippen molar-refractivity contribution in [2.75, 3.05) is 11.9 Å². The van der Waals surface area contributed by atoms with Crippen LogP contribution in [0.3, 0.4) is 0 Å². The summed E-state index contributed by atoms with van der Waals surface area (Å²) < 4.78 is 0. The lowest BCUT2D eigenvalue weighted by atomic mass is 10.1. The highest BCUT2D eigenvalue weighted by atomic mass is 16.2. The molecule has 2 amide bonds. The van der Waals surface area contributed by atoms with E-state index in [0.717, 1.165) is 12.8 Å². The molecule has 0 radical (unpaired) electrons. The quantitative estimate of drug-likeness (QED) is 0.595. The highest BCUT2D eigenvalue weighted by Gasteiger charge is 2.15. The third-order valence-electron chi connectivity index (χ3n) is 4.11. The SMILES string of the molecule is O=C(C[C@@H]1C=CCC1)NCC(=O)Nc1cccc2c(=O)[nH][nH]c(=O)c12. The number of carbonyl (C=O) groups is 2. The average molecular weight is 342 g/mol. The number of fused-ring (bicyclic) bond motifs is 1. The maximum absolute atomic E-state index is 12.1. The number of H-pyrrole nitrogens is 2. The predicted octanol–water partition coefficient (Wildman–Crippen LogP) is 0.627. The lowest BCUT2D eigenvalue weighted by molar-refractivity contribution is -0.124. The number of hydrogen-bond acceptors (Lipinski definition) is 4. The molecule has 0 aliphatic heterocycles. The van der Waals surface area contributed by atoms with E-state index in [9.17, 15) is 19.2 Å². The lowest BCUT2D eigenvalue weighted by Gasteiger charge is -2.10. The lowest BCUT2D eigenvalue weighted by Crippen LogP contribution is -2.33. The Bertz CT molecular complexity index is 957. The second kappa shape index (κ2) is 7.16. The Kier molecular flexibility index (Phi) is 4.78. The van der Waals surface area contributed by atoms with Crippen LogP contribution in [0.4, 0.5) is 5.69 Å². The first kappa shape index (κ1) is 16.7. The molecule has 0 fully saturated rings. The van der Waals surface area contributed by atoms with Crippen molar-refractivity contribution >= 4 is 28.3 Å². The second-order valence-corrected chi connectivity index (χ2v) is 5.93. The molecule has 4 N–H and O–H groups in total. The van der Waals surface area contributed by atoms with E-state index in [-0.39, 0.29) is 34.8 Å². The van der Waals surface area contributed by atoms with Crippen LogP contribution in [0.1, 0.15) is 19.3 Å². The van der Waals surface area contributed by atoms with E-state index >= 15 is 0 Å². The first-order chi connectivity index (χ1) is 12.0. The summed E-state index contributed by atoms with van der Waals surface area (Å²) in [6.07, 6.45) is 6.34. The van der Waals surface area contributed by atoms with Gasteiger partial charge in [0.05, 0.1) is 23.0 Å². The van der Waals surface area contributed by atoms with Crippen LogP contribution in [-0.2, 0) is 9.59 Å². The van der Waals surface area contributed by atoms with E-state index in [1.54, 1.807) is 6.07 Å². The van der Waals surface area contributed by atoms with E-state index in [2.05, 4.69) is 20.8 Å². The number of aromatic amines is 2. The van der Waals surface area contributed by atoms with Crippen LogP contribution in [0, 0.1) is 5.92 Å². The van der Waals surface area contributed by atoms with Crippen molar-refractivity contribution in [2.24, 2.45) is 5.92 Å². The minimum Gasteiger partial charge on any atom is -0.347 e. The van der Waals surface area contributed by atoms with E-state index in [4.69, 9.17) is 0 Å². The molecule has 1 aromatic heterocycles. The minimum absolute atomic E-state index is 0.0991. The van der Waals surface area contributed by atoms with Gasteiger partial charge in [0.1, 0.15) is 0 Å². The summed E-state index contributed by atoms with van der Waals surface area (Å²) in [7, 11) is 0. The Morgan fingerprint density at radius 3 is 2.68 bits per heavy atom. The summed E-state index contributed by atoms with van der Waals surface area (Å²) in [5.41, 5.74) is -0.742. The van der Waals surface area contributed by atoms with Gasteiger partial charge in [-0.15, -0.1) is 0 Å². The molecule has 25 heavy (non-hydrogen) atoms. The number of anilines is 1. The molecule has 3 rings (SSSR count). The smallest absolute Gasteiger partial charge is 0.272 e. The summed E-state index contributed by atoms with van der Waals surface area (Å²) in [6, 6.07) is 4.59. The molecular weight excluding hydrogens is 324 g/mol. The van der Waals surface area contributed by atoms with Crippen LogP contribution < -0.4 is 21.8 Å². The summed E-state index contributed by atoms with van der Waals surface area (Å²) in [5, 5.41) is 9.86. The van der Waals surface area contributed by atoms with Crippen molar-refractivity contribution in [2.45, 2.75) is 19.3 Å². The van der Waals surface area contributed by atoms with Crippen molar-refractivity contribution in [3.63, 3.8) is 0 Å². The van der Waals surface area contributed by atoms with Crippen molar-refractivity contribution in [3.8, 4) is 0 Å². The molecule has 0 saturated heterocycles. The zero-order valence-electron chi connectivity index (χ0n) is 13.4. The number of carbonyl (C=O) groups excluding carboxylic acids is 2. The number of nitrogens with one attached hydrogen (secondary N) is 4. The van der Waals surface area contributed by atoms with Gasteiger partial charge in [-0.05, 0) is 30.9 Å². The zero-order valence-corrected chi connectivity index (χ0v) is 13.4. The highest BCUT2D eigenvalue weighted by molar-refractivity contribution is 6.02. The van der Waals surface area contributed by atoms with Gasteiger partial charge in [0.25, 0.3) is 11.1 Å². The molecule has 1 aromatic carbocycles. The van der Waals surface area contributed by atoms with E-state index in [1.807, 2.05) is 12.2 Å². The normalized spacial score (nSPS) is 16.1. The zero-order chi connectivity index (χ0) is 17.8. The van der Waals surface area contributed by atoms with Crippen LogP contribution in [0.15, 0.2) is 39.9 Å². The second-order valence-electron chi connectivity index (χ2n) is 5.93. The minimum atomic E-state index is -0.512. The third-order valence-corrected chi connectivity index (χ3v) is 4.11. The molecule has 0 saturated carbocycles. The monoisotopic (exact) mass is 342 g/mol. The van der Waals surface area contributed by atoms with Gasteiger partial charge in [-0.3, -0.25) is 29.4 Å². The van der Waals surface area contributed by atoms with Gasteiger partial charge in [0.2, 0.25) is 11.8 Å².